The van der Waals surface area contributed by atoms with Gasteiger partial charge in [-0.05, 0) is 36.4 Å². The van der Waals surface area contributed by atoms with Crippen molar-refractivity contribution >= 4 is 0 Å². The molecule has 3 aromatic rings. The minimum atomic E-state index is 0.576. The SMILES string of the molecule is CCn1nnc(-c2cnn(-c3ccc(OC)cc3)c2)n1. The van der Waals surface area contributed by atoms with E-state index in [1.165, 1.54) is 0 Å². The maximum atomic E-state index is 5.13. The molecule has 0 spiro atoms. The first-order chi connectivity index (χ1) is 9.80. The van der Waals surface area contributed by atoms with Gasteiger partial charge < -0.3 is 4.74 Å². The van der Waals surface area contributed by atoms with E-state index in [9.17, 15) is 0 Å². The van der Waals surface area contributed by atoms with Crippen molar-refractivity contribution in [1.29, 1.82) is 0 Å². The first-order valence-electron chi connectivity index (χ1n) is 6.27. The van der Waals surface area contributed by atoms with E-state index in [0.29, 0.717) is 12.4 Å². The maximum Gasteiger partial charge on any atom is 0.208 e. The van der Waals surface area contributed by atoms with Crippen LogP contribution in [-0.4, -0.2) is 37.1 Å². The van der Waals surface area contributed by atoms with Crippen LogP contribution in [0.15, 0.2) is 36.7 Å². The van der Waals surface area contributed by atoms with Gasteiger partial charge in [-0.2, -0.15) is 9.90 Å². The van der Waals surface area contributed by atoms with E-state index in [0.717, 1.165) is 17.0 Å². The van der Waals surface area contributed by atoms with Crippen LogP contribution in [0.1, 0.15) is 6.92 Å². The molecule has 0 radical (unpaired) electrons. The number of hydrogen-bond donors (Lipinski definition) is 0. The molecule has 0 aliphatic heterocycles. The van der Waals surface area contributed by atoms with Gasteiger partial charge in [0.2, 0.25) is 5.82 Å². The van der Waals surface area contributed by atoms with Crippen molar-refractivity contribution in [3.05, 3.63) is 36.7 Å². The third kappa shape index (κ3) is 2.25. The van der Waals surface area contributed by atoms with Crippen LogP contribution in [-0.2, 0) is 6.54 Å². The average molecular weight is 270 g/mol. The van der Waals surface area contributed by atoms with Crippen molar-refractivity contribution in [2.24, 2.45) is 0 Å². The molecular weight excluding hydrogens is 256 g/mol. The minimum absolute atomic E-state index is 0.576. The highest BCUT2D eigenvalue weighted by atomic mass is 16.5. The zero-order valence-corrected chi connectivity index (χ0v) is 11.3. The molecule has 0 aliphatic rings. The number of hydrogen-bond acceptors (Lipinski definition) is 5. The highest BCUT2D eigenvalue weighted by molar-refractivity contribution is 5.52. The molecule has 3 rings (SSSR count). The van der Waals surface area contributed by atoms with Crippen LogP contribution in [0.4, 0.5) is 0 Å². The Bertz CT molecular complexity index is 700. The molecule has 2 heterocycles. The monoisotopic (exact) mass is 270 g/mol. The predicted molar refractivity (Wildman–Crippen MR) is 72.6 cm³/mol. The lowest BCUT2D eigenvalue weighted by Gasteiger charge is -2.02. The van der Waals surface area contributed by atoms with Gasteiger partial charge in [-0.15, -0.1) is 10.2 Å². The summed E-state index contributed by atoms with van der Waals surface area (Å²) < 4.78 is 6.90. The van der Waals surface area contributed by atoms with Gasteiger partial charge in [-0.25, -0.2) is 4.68 Å². The number of aromatic nitrogens is 6. The number of ether oxygens (including phenoxy) is 1. The Kier molecular flexibility index (Phi) is 3.16. The summed E-state index contributed by atoms with van der Waals surface area (Å²) in [5.74, 6) is 1.39. The van der Waals surface area contributed by atoms with Crippen molar-refractivity contribution in [1.82, 2.24) is 30.0 Å². The summed E-state index contributed by atoms with van der Waals surface area (Å²) in [7, 11) is 1.64. The maximum absolute atomic E-state index is 5.13. The predicted octanol–water partition coefficient (Wildman–Crippen LogP) is 1.55. The lowest BCUT2D eigenvalue weighted by atomic mass is 10.3. The first kappa shape index (κ1) is 12.3. The van der Waals surface area contributed by atoms with Crippen molar-refractivity contribution in [3.63, 3.8) is 0 Å². The Balaban J connectivity index is 1.88. The van der Waals surface area contributed by atoms with E-state index in [1.54, 1.807) is 22.8 Å². The summed E-state index contributed by atoms with van der Waals surface area (Å²) >= 11 is 0. The summed E-state index contributed by atoms with van der Waals surface area (Å²) in [5, 5.41) is 16.5. The van der Waals surface area contributed by atoms with Gasteiger partial charge in [0, 0.05) is 6.20 Å². The van der Waals surface area contributed by atoms with Crippen LogP contribution in [0.25, 0.3) is 17.1 Å². The Morgan fingerprint density at radius 3 is 2.65 bits per heavy atom. The van der Waals surface area contributed by atoms with Crippen molar-refractivity contribution in [3.8, 4) is 22.8 Å². The Morgan fingerprint density at radius 2 is 2.00 bits per heavy atom. The van der Waals surface area contributed by atoms with E-state index < -0.39 is 0 Å². The standard InChI is InChI=1S/C13H14N6O/c1-3-19-16-13(15-17-19)10-8-14-18(9-10)11-4-6-12(20-2)7-5-11/h4-9H,3H2,1-2H3. The van der Waals surface area contributed by atoms with Crippen molar-refractivity contribution in [2.75, 3.05) is 7.11 Å². The lowest BCUT2D eigenvalue weighted by molar-refractivity contribution is 0.414. The van der Waals surface area contributed by atoms with Gasteiger partial charge in [0.25, 0.3) is 0 Å². The third-order valence-electron chi connectivity index (χ3n) is 2.91. The number of benzene rings is 1. The number of rotatable bonds is 4. The highest BCUT2D eigenvalue weighted by Crippen LogP contribution is 2.17. The summed E-state index contributed by atoms with van der Waals surface area (Å²) in [5.41, 5.74) is 1.78. The van der Waals surface area contributed by atoms with E-state index in [-0.39, 0.29) is 0 Å². The molecule has 7 nitrogen and oxygen atoms in total. The van der Waals surface area contributed by atoms with Crippen LogP contribution in [0, 0.1) is 0 Å². The Labute approximate surface area is 115 Å². The van der Waals surface area contributed by atoms with Gasteiger partial charge >= 0.3 is 0 Å². The molecule has 0 atom stereocenters. The number of methoxy groups -OCH3 is 1. The average Bonchev–Trinajstić information content (AvgIpc) is 3.16. The van der Waals surface area contributed by atoms with Gasteiger partial charge in [0.1, 0.15) is 5.75 Å². The zero-order chi connectivity index (χ0) is 13.9. The molecule has 0 fully saturated rings. The molecule has 0 amide bonds. The molecule has 1 aromatic carbocycles. The number of nitrogens with zero attached hydrogens (tertiary/aromatic N) is 6. The molecule has 0 saturated heterocycles. The minimum Gasteiger partial charge on any atom is -0.497 e. The third-order valence-corrected chi connectivity index (χ3v) is 2.91. The molecular formula is C13H14N6O. The highest BCUT2D eigenvalue weighted by Gasteiger charge is 2.08. The second-order valence-electron chi connectivity index (χ2n) is 4.17. The topological polar surface area (TPSA) is 70.7 Å². The Hall–Kier alpha value is -2.70. The summed E-state index contributed by atoms with van der Waals surface area (Å²) in [6.07, 6.45) is 3.60. The van der Waals surface area contributed by atoms with E-state index >= 15 is 0 Å². The quantitative estimate of drug-likeness (QED) is 0.719. The number of tetrazole rings is 1. The normalized spacial score (nSPS) is 10.7. The van der Waals surface area contributed by atoms with E-state index in [4.69, 9.17) is 4.74 Å². The lowest BCUT2D eigenvalue weighted by Crippen LogP contribution is -1.98. The summed E-state index contributed by atoms with van der Waals surface area (Å²) in [4.78, 5) is 1.54. The van der Waals surface area contributed by atoms with Crippen molar-refractivity contribution in [2.45, 2.75) is 13.5 Å². The molecule has 0 unspecified atom stereocenters. The van der Waals surface area contributed by atoms with Crippen LogP contribution < -0.4 is 4.74 Å². The van der Waals surface area contributed by atoms with Gasteiger partial charge in [0.05, 0.1) is 31.1 Å². The van der Waals surface area contributed by atoms with Crippen LogP contribution in [0.2, 0.25) is 0 Å². The molecule has 20 heavy (non-hydrogen) atoms. The fourth-order valence-electron chi connectivity index (χ4n) is 1.81. The summed E-state index contributed by atoms with van der Waals surface area (Å²) in [6, 6.07) is 7.66. The number of aryl methyl sites for hydroxylation is 1. The van der Waals surface area contributed by atoms with Crippen LogP contribution in [0.5, 0.6) is 5.75 Å². The second kappa shape index (κ2) is 5.12. The molecule has 102 valence electrons. The van der Waals surface area contributed by atoms with Gasteiger partial charge in [-0.1, -0.05) is 0 Å². The summed E-state index contributed by atoms with van der Waals surface area (Å²) in [6.45, 7) is 2.66. The fraction of sp³-hybridized carbons (Fsp3) is 0.231. The zero-order valence-electron chi connectivity index (χ0n) is 11.3. The van der Waals surface area contributed by atoms with E-state index in [2.05, 4.69) is 20.5 Å². The molecule has 0 bridgehead atoms. The molecule has 0 saturated carbocycles. The molecule has 7 heteroatoms. The molecule has 0 N–H and O–H groups in total. The fourth-order valence-corrected chi connectivity index (χ4v) is 1.81. The van der Waals surface area contributed by atoms with E-state index in [1.807, 2.05) is 37.4 Å². The van der Waals surface area contributed by atoms with Gasteiger partial charge in [-0.3, -0.25) is 0 Å². The van der Waals surface area contributed by atoms with Crippen molar-refractivity contribution < 1.29 is 4.74 Å². The van der Waals surface area contributed by atoms with Gasteiger partial charge in [0.15, 0.2) is 0 Å². The Morgan fingerprint density at radius 1 is 1.20 bits per heavy atom. The smallest absolute Gasteiger partial charge is 0.208 e. The molecule has 2 aromatic heterocycles. The first-order valence-corrected chi connectivity index (χ1v) is 6.27. The second-order valence-corrected chi connectivity index (χ2v) is 4.17. The largest absolute Gasteiger partial charge is 0.497 e. The van der Waals surface area contributed by atoms with Crippen LogP contribution >= 0.6 is 0 Å². The van der Waals surface area contributed by atoms with Crippen LogP contribution in [0.3, 0.4) is 0 Å². The molecule has 0 aliphatic carbocycles.